The average Bonchev–Trinajstić information content (AvgIpc) is 2.97. The molecule has 0 saturated carbocycles. The molecule has 3 aromatic rings. The van der Waals surface area contributed by atoms with E-state index < -0.39 is 0 Å². The number of imidazole rings is 1. The van der Waals surface area contributed by atoms with Gasteiger partial charge in [0.2, 0.25) is 0 Å². The molecular formula is C13H11N3O2S. The molecule has 5 nitrogen and oxygen atoms in total. The van der Waals surface area contributed by atoms with Gasteiger partial charge in [-0.1, -0.05) is 0 Å². The molecule has 0 aliphatic rings. The molecule has 19 heavy (non-hydrogen) atoms. The van der Waals surface area contributed by atoms with Crippen molar-refractivity contribution in [3.63, 3.8) is 0 Å². The van der Waals surface area contributed by atoms with Crippen LogP contribution in [0.15, 0.2) is 42.0 Å². The van der Waals surface area contributed by atoms with Gasteiger partial charge in [0.1, 0.15) is 6.61 Å². The highest BCUT2D eigenvalue weighted by atomic mass is 32.1. The SMILES string of the molecule is Nc1ccc(C(=O)OCc2cn3ccsc3n2)cc1. The number of nitrogens with zero attached hydrogens (tertiary/aromatic N) is 2. The molecule has 0 unspecified atom stereocenters. The molecule has 0 atom stereocenters. The van der Waals surface area contributed by atoms with Crippen molar-refractivity contribution in [2.45, 2.75) is 6.61 Å². The number of fused-ring (bicyclic) bond motifs is 1. The zero-order valence-corrected chi connectivity index (χ0v) is 10.8. The number of hydrogen-bond acceptors (Lipinski definition) is 5. The van der Waals surface area contributed by atoms with E-state index in [1.807, 2.05) is 22.2 Å². The third-order valence-electron chi connectivity index (χ3n) is 2.64. The van der Waals surface area contributed by atoms with E-state index in [1.54, 1.807) is 24.3 Å². The number of rotatable bonds is 3. The standard InChI is InChI=1S/C13H11N3O2S/c14-10-3-1-9(2-4-10)12(17)18-8-11-7-16-5-6-19-13(16)15-11/h1-7H,8,14H2. The smallest absolute Gasteiger partial charge is 0.338 e. The third kappa shape index (κ3) is 2.43. The van der Waals surface area contributed by atoms with Crippen LogP contribution in [0.5, 0.6) is 0 Å². The number of hydrogen-bond donors (Lipinski definition) is 1. The van der Waals surface area contributed by atoms with Gasteiger partial charge in [0.15, 0.2) is 4.96 Å². The first kappa shape index (κ1) is 11.7. The lowest BCUT2D eigenvalue weighted by Gasteiger charge is -2.02. The van der Waals surface area contributed by atoms with Crippen LogP contribution in [0.4, 0.5) is 5.69 Å². The quantitative estimate of drug-likeness (QED) is 0.587. The zero-order chi connectivity index (χ0) is 13.2. The maximum absolute atomic E-state index is 11.8. The van der Waals surface area contributed by atoms with E-state index in [0.717, 1.165) is 10.7 Å². The van der Waals surface area contributed by atoms with Gasteiger partial charge >= 0.3 is 5.97 Å². The molecule has 1 aromatic carbocycles. The lowest BCUT2D eigenvalue weighted by atomic mass is 10.2. The predicted molar refractivity (Wildman–Crippen MR) is 73.0 cm³/mol. The fraction of sp³-hybridized carbons (Fsp3) is 0.0769. The molecule has 0 fully saturated rings. The van der Waals surface area contributed by atoms with Crippen LogP contribution >= 0.6 is 11.3 Å². The first-order valence-electron chi connectivity index (χ1n) is 5.66. The van der Waals surface area contributed by atoms with Crippen LogP contribution in [0, 0.1) is 0 Å². The Bertz CT molecular complexity index is 686. The Balaban J connectivity index is 1.67. The van der Waals surface area contributed by atoms with Crippen LogP contribution in [-0.4, -0.2) is 15.4 Å². The van der Waals surface area contributed by atoms with Crippen molar-refractivity contribution >= 4 is 28.0 Å². The average molecular weight is 273 g/mol. The number of carbonyl (C=O) groups is 1. The van der Waals surface area contributed by atoms with Gasteiger partial charge in [0, 0.05) is 23.5 Å². The molecule has 96 valence electrons. The van der Waals surface area contributed by atoms with Crippen molar-refractivity contribution in [3.8, 4) is 0 Å². The minimum absolute atomic E-state index is 0.164. The van der Waals surface area contributed by atoms with Crippen LogP contribution < -0.4 is 5.73 Å². The van der Waals surface area contributed by atoms with Crippen molar-refractivity contribution < 1.29 is 9.53 Å². The Kier molecular flexibility index (Phi) is 2.92. The van der Waals surface area contributed by atoms with Gasteiger partial charge in [-0.15, -0.1) is 11.3 Å². The van der Waals surface area contributed by atoms with E-state index in [2.05, 4.69) is 4.98 Å². The maximum atomic E-state index is 11.8. The van der Waals surface area contributed by atoms with Gasteiger partial charge in [0.05, 0.1) is 11.3 Å². The number of nitrogen functional groups attached to an aromatic ring is 1. The molecule has 6 heteroatoms. The van der Waals surface area contributed by atoms with Gasteiger partial charge in [-0.3, -0.25) is 4.40 Å². The van der Waals surface area contributed by atoms with Gasteiger partial charge in [0.25, 0.3) is 0 Å². The summed E-state index contributed by atoms with van der Waals surface area (Å²) in [5, 5.41) is 1.95. The van der Waals surface area contributed by atoms with E-state index >= 15 is 0 Å². The molecule has 0 aliphatic carbocycles. The first-order valence-corrected chi connectivity index (χ1v) is 6.54. The summed E-state index contributed by atoms with van der Waals surface area (Å²) in [6.45, 7) is 0.164. The zero-order valence-electron chi connectivity index (χ0n) is 9.95. The summed E-state index contributed by atoms with van der Waals surface area (Å²) in [5.41, 5.74) is 7.39. The van der Waals surface area contributed by atoms with Crippen LogP contribution in [0.3, 0.4) is 0 Å². The number of carbonyl (C=O) groups excluding carboxylic acids is 1. The molecule has 0 amide bonds. The Morgan fingerprint density at radius 3 is 2.89 bits per heavy atom. The lowest BCUT2D eigenvalue weighted by Crippen LogP contribution is -2.05. The van der Waals surface area contributed by atoms with E-state index in [4.69, 9.17) is 10.5 Å². The number of nitrogens with two attached hydrogens (primary N) is 1. The van der Waals surface area contributed by atoms with Crippen molar-refractivity contribution in [1.29, 1.82) is 0 Å². The van der Waals surface area contributed by atoms with Crippen molar-refractivity contribution in [3.05, 3.63) is 53.3 Å². The fourth-order valence-electron chi connectivity index (χ4n) is 1.69. The highest BCUT2D eigenvalue weighted by Gasteiger charge is 2.09. The number of thiazole rings is 1. The summed E-state index contributed by atoms with van der Waals surface area (Å²) in [6.07, 6.45) is 3.76. The molecule has 0 saturated heterocycles. The number of benzene rings is 1. The Morgan fingerprint density at radius 2 is 2.16 bits per heavy atom. The summed E-state index contributed by atoms with van der Waals surface area (Å²) in [5.74, 6) is -0.378. The molecule has 2 heterocycles. The topological polar surface area (TPSA) is 69.6 Å². The number of esters is 1. The third-order valence-corrected chi connectivity index (χ3v) is 3.41. The van der Waals surface area contributed by atoms with E-state index in [9.17, 15) is 4.79 Å². The first-order chi connectivity index (χ1) is 9.22. The molecule has 0 radical (unpaired) electrons. The van der Waals surface area contributed by atoms with E-state index in [0.29, 0.717) is 11.3 Å². The molecular weight excluding hydrogens is 262 g/mol. The predicted octanol–water partition coefficient (Wildman–Crippen LogP) is 2.33. The fourth-order valence-corrected chi connectivity index (χ4v) is 2.41. The maximum Gasteiger partial charge on any atom is 0.338 e. The van der Waals surface area contributed by atoms with Gasteiger partial charge in [-0.25, -0.2) is 9.78 Å². The van der Waals surface area contributed by atoms with Gasteiger partial charge < -0.3 is 10.5 Å². The van der Waals surface area contributed by atoms with Gasteiger partial charge in [-0.2, -0.15) is 0 Å². The highest BCUT2D eigenvalue weighted by molar-refractivity contribution is 7.15. The second-order valence-electron chi connectivity index (χ2n) is 4.02. The number of anilines is 1. The normalized spacial score (nSPS) is 10.7. The lowest BCUT2D eigenvalue weighted by molar-refractivity contribution is 0.0468. The summed E-state index contributed by atoms with van der Waals surface area (Å²) < 4.78 is 7.10. The Hall–Kier alpha value is -2.34. The van der Waals surface area contributed by atoms with Crippen molar-refractivity contribution in [2.75, 3.05) is 5.73 Å². The minimum atomic E-state index is -0.378. The molecule has 0 spiro atoms. The molecule has 3 rings (SSSR count). The number of aromatic nitrogens is 2. The largest absolute Gasteiger partial charge is 0.456 e. The molecule has 2 N–H and O–H groups in total. The van der Waals surface area contributed by atoms with E-state index in [1.165, 1.54) is 11.3 Å². The number of ether oxygens (including phenoxy) is 1. The van der Waals surface area contributed by atoms with Gasteiger partial charge in [-0.05, 0) is 24.3 Å². The second kappa shape index (κ2) is 4.74. The molecule has 0 bridgehead atoms. The van der Waals surface area contributed by atoms with Crippen molar-refractivity contribution in [2.24, 2.45) is 0 Å². The van der Waals surface area contributed by atoms with Crippen LogP contribution in [0.25, 0.3) is 4.96 Å². The Morgan fingerprint density at radius 1 is 1.37 bits per heavy atom. The minimum Gasteiger partial charge on any atom is -0.456 e. The van der Waals surface area contributed by atoms with E-state index in [-0.39, 0.29) is 12.6 Å². The van der Waals surface area contributed by atoms with Crippen LogP contribution in [-0.2, 0) is 11.3 Å². The molecule has 2 aromatic heterocycles. The van der Waals surface area contributed by atoms with Crippen LogP contribution in [0.2, 0.25) is 0 Å². The summed E-state index contributed by atoms with van der Waals surface area (Å²) in [6, 6.07) is 6.62. The Labute approximate surface area is 113 Å². The summed E-state index contributed by atoms with van der Waals surface area (Å²) in [4.78, 5) is 17.0. The molecule has 0 aliphatic heterocycles. The highest BCUT2D eigenvalue weighted by Crippen LogP contribution is 2.13. The van der Waals surface area contributed by atoms with Crippen LogP contribution in [0.1, 0.15) is 16.1 Å². The summed E-state index contributed by atoms with van der Waals surface area (Å²) >= 11 is 1.54. The monoisotopic (exact) mass is 273 g/mol. The second-order valence-corrected chi connectivity index (χ2v) is 4.90. The van der Waals surface area contributed by atoms with Crippen molar-refractivity contribution in [1.82, 2.24) is 9.38 Å². The summed E-state index contributed by atoms with van der Waals surface area (Å²) in [7, 11) is 0.